The van der Waals surface area contributed by atoms with Gasteiger partial charge in [-0.15, -0.1) is 0 Å². The Morgan fingerprint density at radius 3 is 1.70 bits per heavy atom. The maximum atomic E-state index is 11.8. The van der Waals surface area contributed by atoms with E-state index in [4.69, 9.17) is 19.5 Å². The molecule has 0 fully saturated rings. The summed E-state index contributed by atoms with van der Waals surface area (Å²) in [4.78, 5) is 2.03. The Balaban J connectivity index is 0.000000710. The number of nitrogens with zero attached hydrogens (tertiary/aromatic N) is 1. The Labute approximate surface area is 182 Å². The molecule has 7 nitrogen and oxygen atoms in total. The first-order valence-electron chi connectivity index (χ1n) is 11.0. The van der Waals surface area contributed by atoms with Gasteiger partial charge < -0.3 is 15.3 Å². The third kappa shape index (κ3) is 15.8. The van der Waals surface area contributed by atoms with Crippen molar-refractivity contribution in [3.05, 3.63) is 30.3 Å². The minimum absolute atomic E-state index is 0.0694. The molecule has 176 valence electrons. The van der Waals surface area contributed by atoms with Crippen LogP contribution in [-0.4, -0.2) is 74.7 Å². The Kier molecular flexibility index (Phi) is 19.2. The summed E-state index contributed by atoms with van der Waals surface area (Å²) in [6, 6.07) is 8.31. The molecule has 0 saturated heterocycles. The number of aliphatic hydroxyl groups excluding tert-OH is 3. The second-order valence-corrected chi connectivity index (χ2v) is 8.69. The molecule has 1 aromatic rings. The second-order valence-electron chi connectivity index (χ2n) is 7.08. The summed E-state index contributed by atoms with van der Waals surface area (Å²) >= 11 is 0. The molecule has 0 radical (unpaired) electrons. The number of aliphatic hydroxyl groups is 3. The topological polar surface area (TPSA) is 107 Å². The first-order valence-corrected chi connectivity index (χ1v) is 12.4. The van der Waals surface area contributed by atoms with Gasteiger partial charge in [-0.05, 0) is 18.6 Å². The summed E-state index contributed by atoms with van der Waals surface area (Å²) in [6.07, 6.45) is 9.44. The molecule has 0 aliphatic rings. The summed E-state index contributed by atoms with van der Waals surface area (Å²) in [5.74, 6) is 0. The van der Waals surface area contributed by atoms with Crippen LogP contribution in [0.4, 0.5) is 0 Å². The van der Waals surface area contributed by atoms with Crippen molar-refractivity contribution < 1.29 is 27.9 Å². The van der Waals surface area contributed by atoms with Crippen LogP contribution in [0.5, 0.6) is 0 Å². The van der Waals surface area contributed by atoms with E-state index in [-0.39, 0.29) is 31.3 Å². The van der Waals surface area contributed by atoms with Crippen LogP contribution in [0, 0.1) is 0 Å². The molecule has 1 aromatic carbocycles. The SMILES string of the molecule is CCCCCCCCCCOS(=O)(=O)c1ccccc1.OCCN(CCO)CCO. The number of hydrogen-bond donors (Lipinski definition) is 3. The molecule has 0 aliphatic carbocycles. The minimum atomic E-state index is -3.57. The van der Waals surface area contributed by atoms with Gasteiger partial charge in [0.2, 0.25) is 0 Å². The van der Waals surface area contributed by atoms with Gasteiger partial charge in [-0.25, -0.2) is 0 Å². The van der Waals surface area contributed by atoms with Crippen molar-refractivity contribution in [2.75, 3.05) is 46.1 Å². The van der Waals surface area contributed by atoms with Crippen LogP contribution in [0.2, 0.25) is 0 Å². The standard InChI is InChI=1S/C16H26O3S.C6H15NO3/c1-2-3-4-5-6-7-8-12-15-19-20(17,18)16-13-10-9-11-14-16;8-4-1-7(2-5-9)3-6-10/h9-11,13-14H,2-8,12,15H2,1H3;8-10H,1-6H2. The van der Waals surface area contributed by atoms with E-state index in [0.29, 0.717) is 19.6 Å². The average Bonchev–Trinajstić information content (AvgIpc) is 2.74. The van der Waals surface area contributed by atoms with Gasteiger partial charge in [0.15, 0.2) is 0 Å². The predicted molar refractivity (Wildman–Crippen MR) is 120 cm³/mol. The van der Waals surface area contributed by atoms with E-state index in [9.17, 15) is 8.42 Å². The number of hydrogen-bond acceptors (Lipinski definition) is 7. The zero-order chi connectivity index (χ0) is 22.5. The highest BCUT2D eigenvalue weighted by atomic mass is 32.2. The summed E-state index contributed by atoms with van der Waals surface area (Å²) in [5, 5.41) is 25.5. The van der Waals surface area contributed by atoms with Crippen molar-refractivity contribution in [1.82, 2.24) is 4.90 Å². The Morgan fingerprint density at radius 1 is 0.767 bits per heavy atom. The molecule has 0 heterocycles. The second kappa shape index (κ2) is 19.9. The van der Waals surface area contributed by atoms with Crippen LogP contribution < -0.4 is 0 Å². The quantitative estimate of drug-likeness (QED) is 0.249. The zero-order valence-corrected chi connectivity index (χ0v) is 19.2. The van der Waals surface area contributed by atoms with Gasteiger partial charge in [0, 0.05) is 19.6 Å². The summed E-state index contributed by atoms with van der Waals surface area (Å²) in [6.45, 7) is 4.25. The molecule has 0 saturated carbocycles. The minimum Gasteiger partial charge on any atom is -0.395 e. The van der Waals surface area contributed by atoms with Gasteiger partial charge in [0.25, 0.3) is 10.1 Å². The number of benzene rings is 1. The zero-order valence-electron chi connectivity index (χ0n) is 18.4. The number of unbranched alkanes of at least 4 members (excludes halogenated alkanes) is 7. The predicted octanol–water partition coefficient (Wildman–Crippen LogP) is 2.80. The highest BCUT2D eigenvalue weighted by Crippen LogP contribution is 2.13. The smallest absolute Gasteiger partial charge is 0.296 e. The molecule has 0 amide bonds. The van der Waals surface area contributed by atoms with E-state index in [0.717, 1.165) is 12.8 Å². The Bertz CT molecular complexity index is 568. The first kappa shape index (κ1) is 29.0. The van der Waals surface area contributed by atoms with Crippen LogP contribution >= 0.6 is 0 Å². The van der Waals surface area contributed by atoms with Crippen LogP contribution in [0.15, 0.2) is 35.2 Å². The molecule has 0 spiro atoms. The lowest BCUT2D eigenvalue weighted by molar-refractivity contribution is 0.136. The molecule has 0 bridgehead atoms. The maximum Gasteiger partial charge on any atom is 0.296 e. The van der Waals surface area contributed by atoms with Gasteiger partial charge in [0.05, 0.1) is 31.3 Å². The van der Waals surface area contributed by atoms with Crippen LogP contribution in [-0.2, 0) is 14.3 Å². The van der Waals surface area contributed by atoms with Gasteiger partial charge in [0.1, 0.15) is 0 Å². The lowest BCUT2D eigenvalue weighted by Crippen LogP contribution is -2.32. The van der Waals surface area contributed by atoms with E-state index in [1.165, 1.54) is 38.5 Å². The Hall–Kier alpha value is -1.03. The monoisotopic (exact) mass is 447 g/mol. The summed E-state index contributed by atoms with van der Waals surface area (Å²) < 4.78 is 28.7. The van der Waals surface area contributed by atoms with Crippen molar-refractivity contribution in [2.45, 2.75) is 63.2 Å². The maximum absolute atomic E-state index is 11.8. The molecule has 3 N–H and O–H groups in total. The van der Waals surface area contributed by atoms with Crippen molar-refractivity contribution in [3.8, 4) is 0 Å². The van der Waals surface area contributed by atoms with Crippen molar-refractivity contribution in [1.29, 1.82) is 0 Å². The Morgan fingerprint density at radius 2 is 1.23 bits per heavy atom. The van der Waals surface area contributed by atoms with Crippen molar-refractivity contribution >= 4 is 10.1 Å². The highest BCUT2D eigenvalue weighted by Gasteiger charge is 2.13. The summed E-state index contributed by atoms with van der Waals surface area (Å²) in [5.41, 5.74) is 0. The fourth-order valence-electron chi connectivity index (χ4n) is 2.82. The molecular weight excluding hydrogens is 406 g/mol. The largest absolute Gasteiger partial charge is 0.395 e. The van der Waals surface area contributed by atoms with Gasteiger partial charge in [-0.1, -0.05) is 70.1 Å². The first-order chi connectivity index (χ1) is 14.5. The summed E-state index contributed by atoms with van der Waals surface area (Å²) in [7, 11) is -3.57. The number of rotatable bonds is 17. The lowest BCUT2D eigenvalue weighted by atomic mass is 10.1. The fraction of sp³-hybridized carbons (Fsp3) is 0.727. The van der Waals surface area contributed by atoms with Crippen LogP contribution in [0.3, 0.4) is 0 Å². The van der Waals surface area contributed by atoms with E-state index in [1.807, 2.05) is 0 Å². The van der Waals surface area contributed by atoms with E-state index < -0.39 is 10.1 Å². The van der Waals surface area contributed by atoms with E-state index in [2.05, 4.69) is 6.92 Å². The average molecular weight is 448 g/mol. The molecule has 1 rings (SSSR count). The molecular formula is C22H41NO6S. The molecule has 0 aromatic heterocycles. The molecule has 0 atom stereocenters. The van der Waals surface area contributed by atoms with Gasteiger partial charge in [-0.3, -0.25) is 9.08 Å². The molecule has 8 heteroatoms. The molecule has 0 unspecified atom stereocenters. The van der Waals surface area contributed by atoms with Crippen molar-refractivity contribution in [3.63, 3.8) is 0 Å². The van der Waals surface area contributed by atoms with Crippen molar-refractivity contribution in [2.24, 2.45) is 0 Å². The molecule has 0 aliphatic heterocycles. The fourth-order valence-corrected chi connectivity index (χ4v) is 3.78. The third-order valence-corrected chi connectivity index (χ3v) is 5.84. The highest BCUT2D eigenvalue weighted by molar-refractivity contribution is 7.86. The van der Waals surface area contributed by atoms with Gasteiger partial charge in [-0.2, -0.15) is 8.42 Å². The molecule has 30 heavy (non-hydrogen) atoms. The lowest BCUT2D eigenvalue weighted by Gasteiger charge is -2.17. The van der Waals surface area contributed by atoms with Crippen LogP contribution in [0.1, 0.15) is 58.3 Å². The third-order valence-electron chi connectivity index (χ3n) is 4.52. The van der Waals surface area contributed by atoms with E-state index in [1.54, 1.807) is 35.2 Å². The van der Waals surface area contributed by atoms with Gasteiger partial charge >= 0.3 is 0 Å². The van der Waals surface area contributed by atoms with E-state index >= 15 is 0 Å². The normalized spacial score (nSPS) is 11.4. The van der Waals surface area contributed by atoms with Crippen LogP contribution in [0.25, 0.3) is 0 Å².